The fourth-order valence-electron chi connectivity index (χ4n) is 1.88. The molecule has 21 heavy (non-hydrogen) atoms. The van der Waals surface area contributed by atoms with Gasteiger partial charge in [-0.2, -0.15) is 0 Å². The fourth-order valence-corrected chi connectivity index (χ4v) is 1.88. The van der Waals surface area contributed by atoms with Crippen LogP contribution < -0.4 is 16.6 Å². The fraction of sp³-hybridized carbons (Fsp3) is 0.154. The van der Waals surface area contributed by atoms with Crippen molar-refractivity contribution in [2.45, 2.75) is 13.5 Å². The Kier molecular flexibility index (Phi) is 4.19. The van der Waals surface area contributed by atoms with Gasteiger partial charge in [0.05, 0.1) is 11.5 Å². The number of carbonyl (C=O) groups is 1. The summed E-state index contributed by atoms with van der Waals surface area (Å²) in [6.07, 6.45) is 0. The summed E-state index contributed by atoms with van der Waals surface area (Å²) < 4.78 is 5.31. The third-order valence-electron chi connectivity index (χ3n) is 2.84. The van der Waals surface area contributed by atoms with Gasteiger partial charge in [-0.15, -0.1) is 0 Å². The van der Waals surface area contributed by atoms with E-state index in [1.807, 2.05) is 0 Å². The lowest BCUT2D eigenvalue weighted by Gasteiger charge is -2.07. The molecule has 2 rings (SSSR count). The molecule has 4 N–H and O–H groups in total. The maximum Gasteiger partial charge on any atom is 0.306 e. The van der Waals surface area contributed by atoms with Crippen LogP contribution >= 0.6 is 0 Å². The summed E-state index contributed by atoms with van der Waals surface area (Å²) in [5, 5.41) is 13.7. The van der Waals surface area contributed by atoms with Crippen LogP contribution in [0.4, 0.5) is 11.4 Å². The molecule has 1 aromatic heterocycles. The molecule has 1 heterocycles. The standard InChI is InChI=1S/C13H14N4O4/c1-8-5-6-9(21-8)7-15-13(18)10-3-2-4-11(16-14)12(10)17(19)20/h2-6,16H,7,14H2,1H3,(H,15,18). The zero-order valence-electron chi connectivity index (χ0n) is 11.3. The number of aryl methyl sites for hydroxylation is 1. The summed E-state index contributed by atoms with van der Waals surface area (Å²) in [6, 6.07) is 7.78. The molecule has 110 valence electrons. The van der Waals surface area contributed by atoms with E-state index in [2.05, 4.69) is 10.7 Å². The highest BCUT2D eigenvalue weighted by atomic mass is 16.6. The van der Waals surface area contributed by atoms with Gasteiger partial charge in [-0.1, -0.05) is 6.07 Å². The van der Waals surface area contributed by atoms with Crippen molar-refractivity contribution in [2.24, 2.45) is 5.84 Å². The lowest BCUT2D eigenvalue weighted by Crippen LogP contribution is -2.24. The Morgan fingerprint density at radius 3 is 2.71 bits per heavy atom. The average Bonchev–Trinajstić information content (AvgIpc) is 2.89. The molecule has 0 atom stereocenters. The first-order valence-corrected chi connectivity index (χ1v) is 6.10. The summed E-state index contributed by atoms with van der Waals surface area (Å²) in [5.41, 5.74) is 1.84. The van der Waals surface area contributed by atoms with Crippen LogP contribution in [0.25, 0.3) is 0 Å². The number of nitrogens with zero attached hydrogens (tertiary/aromatic N) is 1. The number of nitro groups is 1. The van der Waals surface area contributed by atoms with E-state index in [0.717, 1.165) is 5.76 Å². The number of hydrogen-bond acceptors (Lipinski definition) is 6. The van der Waals surface area contributed by atoms with E-state index in [-0.39, 0.29) is 23.5 Å². The zero-order valence-corrected chi connectivity index (χ0v) is 11.3. The van der Waals surface area contributed by atoms with Gasteiger partial charge in [-0.25, -0.2) is 0 Å². The van der Waals surface area contributed by atoms with Gasteiger partial charge >= 0.3 is 5.69 Å². The number of nitrogens with one attached hydrogen (secondary N) is 2. The maximum atomic E-state index is 12.1. The molecule has 0 radical (unpaired) electrons. The van der Waals surface area contributed by atoms with Crippen LogP contribution in [0.1, 0.15) is 21.9 Å². The van der Waals surface area contributed by atoms with Gasteiger partial charge in [-0.3, -0.25) is 20.8 Å². The van der Waals surface area contributed by atoms with Crippen LogP contribution in [-0.4, -0.2) is 10.8 Å². The highest BCUT2D eigenvalue weighted by molar-refractivity contribution is 6.00. The highest BCUT2D eigenvalue weighted by Crippen LogP contribution is 2.27. The number of furan rings is 1. The first-order chi connectivity index (χ1) is 10.0. The number of benzene rings is 1. The van der Waals surface area contributed by atoms with Crippen molar-refractivity contribution in [3.8, 4) is 0 Å². The number of carbonyl (C=O) groups excluding carboxylic acids is 1. The van der Waals surface area contributed by atoms with Crippen LogP contribution in [0.2, 0.25) is 0 Å². The third kappa shape index (κ3) is 3.18. The first kappa shape index (κ1) is 14.5. The lowest BCUT2D eigenvalue weighted by molar-refractivity contribution is -0.384. The molecule has 0 saturated carbocycles. The molecule has 0 aliphatic heterocycles. The van der Waals surface area contributed by atoms with Gasteiger partial charge in [0.25, 0.3) is 5.91 Å². The number of para-hydroxylation sites is 1. The SMILES string of the molecule is Cc1ccc(CNC(=O)c2cccc(NN)c2[N+](=O)[O-])o1. The Bertz CT molecular complexity index is 681. The number of nitrogens with two attached hydrogens (primary N) is 1. The molecule has 0 aliphatic rings. The summed E-state index contributed by atoms with van der Waals surface area (Å²) in [4.78, 5) is 22.5. The van der Waals surface area contributed by atoms with E-state index in [9.17, 15) is 14.9 Å². The molecule has 8 nitrogen and oxygen atoms in total. The second kappa shape index (κ2) is 6.06. The smallest absolute Gasteiger partial charge is 0.306 e. The molecule has 0 bridgehead atoms. The number of nitrogen functional groups attached to an aromatic ring is 1. The first-order valence-electron chi connectivity index (χ1n) is 6.10. The Hall–Kier alpha value is -2.87. The third-order valence-corrected chi connectivity index (χ3v) is 2.84. The van der Waals surface area contributed by atoms with Crippen LogP contribution in [-0.2, 0) is 6.54 Å². The summed E-state index contributed by atoms with van der Waals surface area (Å²) in [7, 11) is 0. The minimum absolute atomic E-state index is 0.0706. The molecule has 8 heteroatoms. The number of hydrazine groups is 1. The van der Waals surface area contributed by atoms with E-state index in [1.165, 1.54) is 18.2 Å². The quantitative estimate of drug-likeness (QED) is 0.437. The monoisotopic (exact) mass is 290 g/mol. The van der Waals surface area contributed by atoms with E-state index in [1.54, 1.807) is 19.1 Å². The van der Waals surface area contributed by atoms with Crippen molar-refractivity contribution in [3.05, 3.63) is 57.5 Å². The van der Waals surface area contributed by atoms with Gasteiger partial charge in [0.2, 0.25) is 0 Å². The van der Waals surface area contributed by atoms with Gasteiger partial charge in [0.1, 0.15) is 22.8 Å². The molecule has 0 aliphatic carbocycles. The van der Waals surface area contributed by atoms with E-state index in [4.69, 9.17) is 10.3 Å². The van der Waals surface area contributed by atoms with Crippen molar-refractivity contribution >= 4 is 17.3 Å². The Morgan fingerprint density at radius 1 is 1.38 bits per heavy atom. The second-order valence-corrected chi connectivity index (χ2v) is 4.30. The van der Waals surface area contributed by atoms with E-state index < -0.39 is 10.8 Å². The van der Waals surface area contributed by atoms with Crippen molar-refractivity contribution in [1.82, 2.24) is 5.32 Å². The molecule has 2 aromatic rings. The lowest BCUT2D eigenvalue weighted by atomic mass is 10.1. The minimum Gasteiger partial charge on any atom is -0.465 e. The number of hydrogen-bond donors (Lipinski definition) is 3. The largest absolute Gasteiger partial charge is 0.465 e. The highest BCUT2D eigenvalue weighted by Gasteiger charge is 2.24. The molecule has 0 unspecified atom stereocenters. The molecule has 0 saturated heterocycles. The van der Waals surface area contributed by atoms with Crippen molar-refractivity contribution in [1.29, 1.82) is 0 Å². The average molecular weight is 290 g/mol. The van der Waals surface area contributed by atoms with E-state index >= 15 is 0 Å². The molecule has 0 spiro atoms. The van der Waals surface area contributed by atoms with Crippen LogP contribution in [0.3, 0.4) is 0 Å². The van der Waals surface area contributed by atoms with Crippen molar-refractivity contribution in [2.75, 3.05) is 5.43 Å². The summed E-state index contributed by atoms with van der Waals surface area (Å²) in [5.74, 6) is 5.94. The second-order valence-electron chi connectivity index (χ2n) is 4.30. The molecular weight excluding hydrogens is 276 g/mol. The Labute approximate surface area is 120 Å². The van der Waals surface area contributed by atoms with Crippen LogP contribution in [0.15, 0.2) is 34.7 Å². The predicted octanol–water partition coefficient (Wildman–Crippen LogP) is 1.71. The normalized spacial score (nSPS) is 10.2. The van der Waals surface area contributed by atoms with Gasteiger partial charge in [0, 0.05) is 0 Å². The van der Waals surface area contributed by atoms with Gasteiger partial charge in [-0.05, 0) is 31.2 Å². The maximum absolute atomic E-state index is 12.1. The van der Waals surface area contributed by atoms with Crippen molar-refractivity contribution < 1.29 is 14.1 Å². The number of anilines is 1. The molecule has 1 amide bonds. The molecule has 0 fully saturated rings. The van der Waals surface area contributed by atoms with Gasteiger partial charge < -0.3 is 15.2 Å². The molecule has 1 aromatic carbocycles. The minimum atomic E-state index is -0.652. The van der Waals surface area contributed by atoms with Gasteiger partial charge in [0.15, 0.2) is 0 Å². The zero-order chi connectivity index (χ0) is 15.4. The Morgan fingerprint density at radius 2 is 2.14 bits per heavy atom. The number of rotatable bonds is 5. The molecular formula is C13H14N4O4. The van der Waals surface area contributed by atoms with Crippen LogP contribution in [0.5, 0.6) is 0 Å². The topological polar surface area (TPSA) is 123 Å². The Balaban J connectivity index is 2.20. The van der Waals surface area contributed by atoms with Crippen LogP contribution in [0, 0.1) is 17.0 Å². The van der Waals surface area contributed by atoms with E-state index in [0.29, 0.717) is 5.76 Å². The number of nitro benzene ring substituents is 1. The summed E-state index contributed by atoms with van der Waals surface area (Å²) >= 11 is 0. The van der Waals surface area contributed by atoms with Crippen molar-refractivity contribution in [3.63, 3.8) is 0 Å². The predicted molar refractivity (Wildman–Crippen MR) is 75.5 cm³/mol. The summed E-state index contributed by atoms with van der Waals surface area (Å²) in [6.45, 7) is 1.93. The number of amides is 1.